The smallest absolute Gasteiger partial charge is 0.221 e. The van der Waals surface area contributed by atoms with Crippen LogP contribution in [0.1, 0.15) is 12.8 Å². The summed E-state index contributed by atoms with van der Waals surface area (Å²) >= 11 is 0. The number of nitrogens with one attached hydrogen (secondary N) is 3. The summed E-state index contributed by atoms with van der Waals surface area (Å²) in [6.45, 7) is 3.65. The van der Waals surface area contributed by atoms with E-state index >= 15 is 0 Å². The van der Waals surface area contributed by atoms with Crippen molar-refractivity contribution in [2.45, 2.75) is 18.4 Å². The molecular weight excluding hydrogens is 225 g/mol. The Kier molecular flexibility index (Phi) is 5.74. The molecule has 2 saturated heterocycles. The van der Waals surface area contributed by atoms with E-state index in [0.29, 0.717) is 6.42 Å². The molecule has 84 valence electrons. The minimum atomic E-state index is 0. The molecule has 0 radical (unpaired) electrons. The number of halogens is 2. The summed E-state index contributed by atoms with van der Waals surface area (Å²) < 4.78 is 0. The Labute approximate surface area is 96.4 Å². The first-order valence-corrected chi connectivity index (χ1v) is 4.53. The van der Waals surface area contributed by atoms with Crippen molar-refractivity contribution in [3.63, 3.8) is 0 Å². The van der Waals surface area contributed by atoms with Crippen molar-refractivity contribution >= 4 is 30.7 Å². The van der Waals surface area contributed by atoms with Gasteiger partial charge in [0.25, 0.3) is 0 Å². The highest BCUT2D eigenvalue weighted by Crippen LogP contribution is 2.15. The number of hydrogen-bond donors (Lipinski definition) is 3. The summed E-state index contributed by atoms with van der Waals surface area (Å²) in [7, 11) is 0. The molecule has 1 atom stereocenters. The predicted octanol–water partition coefficient (Wildman–Crippen LogP) is -0.328. The van der Waals surface area contributed by atoms with Crippen molar-refractivity contribution in [3.8, 4) is 0 Å². The van der Waals surface area contributed by atoms with Crippen LogP contribution in [0.25, 0.3) is 0 Å². The number of hydrogen-bond acceptors (Lipinski definition) is 3. The Morgan fingerprint density at radius 3 is 2.36 bits per heavy atom. The van der Waals surface area contributed by atoms with Crippen molar-refractivity contribution < 1.29 is 4.79 Å². The molecule has 2 rings (SSSR count). The third-order valence-electron chi connectivity index (χ3n) is 2.64. The second-order valence-corrected chi connectivity index (χ2v) is 3.68. The van der Waals surface area contributed by atoms with Crippen LogP contribution in [0.3, 0.4) is 0 Å². The van der Waals surface area contributed by atoms with Gasteiger partial charge in [-0.25, -0.2) is 0 Å². The van der Waals surface area contributed by atoms with Gasteiger partial charge < -0.3 is 16.0 Å². The molecule has 0 bridgehead atoms. The predicted molar refractivity (Wildman–Crippen MR) is 60.3 cm³/mol. The van der Waals surface area contributed by atoms with Crippen molar-refractivity contribution in [2.75, 3.05) is 26.2 Å². The van der Waals surface area contributed by atoms with Crippen molar-refractivity contribution in [3.05, 3.63) is 0 Å². The zero-order valence-electron chi connectivity index (χ0n) is 7.97. The molecule has 0 saturated carbocycles. The molecule has 3 N–H and O–H groups in total. The van der Waals surface area contributed by atoms with Crippen LogP contribution >= 0.6 is 24.8 Å². The summed E-state index contributed by atoms with van der Waals surface area (Å²) in [5, 5.41) is 9.65. The van der Waals surface area contributed by atoms with E-state index in [9.17, 15) is 4.79 Å². The van der Waals surface area contributed by atoms with Gasteiger partial charge in [-0.1, -0.05) is 0 Å². The van der Waals surface area contributed by atoms with Gasteiger partial charge in [-0.05, 0) is 13.0 Å². The molecule has 14 heavy (non-hydrogen) atoms. The lowest BCUT2D eigenvalue weighted by molar-refractivity contribution is -0.122. The van der Waals surface area contributed by atoms with Gasteiger partial charge in [0.2, 0.25) is 5.91 Å². The average Bonchev–Trinajstić information content (AvgIpc) is 2.39. The van der Waals surface area contributed by atoms with Crippen molar-refractivity contribution in [2.24, 2.45) is 0 Å². The summed E-state index contributed by atoms with van der Waals surface area (Å²) in [5.74, 6) is 0.184. The molecule has 4 nitrogen and oxygen atoms in total. The SMILES string of the molecule is Cl.Cl.O=C1CCNCC2(CCNC2)N1. The maximum atomic E-state index is 11.3. The zero-order chi connectivity index (χ0) is 8.44. The van der Waals surface area contributed by atoms with Gasteiger partial charge in [0.15, 0.2) is 0 Å². The van der Waals surface area contributed by atoms with Crippen LogP contribution in [0.4, 0.5) is 0 Å². The minimum Gasteiger partial charge on any atom is -0.348 e. The number of amides is 1. The van der Waals surface area contributed by atoms with Gasteiger partial charge in [-0.3, -0.25) is 4.79 Å². The van der Waals surface area contributed by atoms with Crippen LogP contribution in [0, 0.1) is 0 Å². The molecule has 0 aliphatic carbocycles. The van der Waals surface area contributed by atoms with E-state index in [1.54, 1.807) is 0 Å². The second-order valence-electron chi connectivity index (χ2n) is 3.68. The fourth-order valence-electron chi connectivity index (χ4n) is 1.93. The molecular formula is C8H17Cl2N3O. The van der Waals surface area contributed by atoms with Crippen molar-refractivity contribution in [1.82, 2.24) is 16.0 Å². The van der Waals surface area contributed by atoms with Crippen LogP contribution in [0.15, 0.2) is 0 Å². The van der Waals surface area contributed by atoms with E-state index in [-0.39, 0.29) is 36.3 Å². The monoisotopic (exact) mass is 241 g/mol. The van der Waals surface area contributed by atoms with Crippen LogP contribution < -0.4 is 16.0 Å². The first kappa shape index (κ1) is 14.0. The molecule has 0 aromatic heterocycles. The van der Waals surface area contributed by atoms with Crippen LogP contribution in [-0.2, 0) is 4.79 Å². The Bertz CT molecular complexity index is 195. The first-order valence-electron chi connectivity index (χ1n) is 4.53. The largest absolute Gasteiger partial charge is 0.348 e. The molecule has 2 aliphatic rings. The quantitative estimate of drug-likeness (QED) is 0.545. The van der Waals surface area contributed by atoms with Gasteiger partial charge in [-0.15, -0.1) is 24.8 Å². The lowest BCUT2D eigenvalue weighted by Gasteiger charge is -2.27. The van der Waals surface area contributed by atoms with Gasteiger partial charge in [-0.2, -0.15) is 0 Å². The Hall–Kier alpha value is -0.0300. The van der Waals surface area contributed by atoms with E-state index in [2.05, 4.69) is 16.0 Å². The van der Waals surface area contributed by atoms with E-state index in [1.165, 1.54) is 0 Å². The molecule has 2 heterocycles. The van der Waals surface area contributed by atoms with Crippen LogP contribution in [-0.4, -0.2) is 37.6 Å². The molecule has 2 aliphatic heterocycles. The summed E-state index contributed by atoms with van der Waals surface area (Å²) in [6, 6.07) is 0. The Morgan fingerprint density at radius 2 is 1.71 bits per heavy atom. The highest BCUT2D eigenvalue weighted by atomic mass is 35.5. The molecule has 6 heteroatoms. The molecule has 1 spiro atoms. The minimum absolute atomic E-state index is 0. The second kappa shape index (κ2) is 5.75. The highest BCUT2D eigenvalue weighted by Gasteiger charge is 2.35. The third kappa shape index (κ3) is 2.98. The fraction of sp³-hybridized carbons (Fsp3) is 0.875. The van der Waals surface area contributed by atoms with Crippen LogP contribution in [0.2, 0.25) is 0 Å². The fourth-order valence-corrected chi connectivity index (χ4v) is 1.93. The number of rotatable bonds is 0. The number of carbonyl (C=O) groups excluding carboxylic acids is 1. The highest BCUT2D eigenvalue weighted by molar-refractivity contribution is 5.85. The number of carbonyl (C=O) groups is 1. The maximum absolute atomic E-state index is 11.3. The zero-order valence-corrected chi connectivity index (χ0v) is 9.60. The van der Waals surface area contributed by atoms with E-state index in [4.69, 9.17) is 0 Å². The van der Waals surface area contributed by atoms with Gasteiger partial charge in [0, 0.05) is 26.1 Å². The van der Waals surface area contributed by atoms with Crippen LogP contribution in [0.5, 0.6) is 0 Å². The Balaban J connectivity index is 0.000000845. The van der Waals surface area contributed by atoms with E-state index < -0.39 is 0 Å². The standard InChI is InChI=1S/C8H15N3O.2ClH/c12-7-1-3-9-5-8(11-7)2-4-10-6-8;;/h9-10H,1-6H2,(H,11,12);2*1H. The molecule has 0 aromatic rings. The van der Waals surface area contributed by atoms with Gasteiger partial charge >= 0.3 is 0 Å². The van der Waals surface area contributed by atoms with Gasteiger partial charge in [0.1, 0.15) is 0 Å². The lowest BCUT2D eigenvalue weighted by atomic mass is 9.99. The first-order chi connectivity index (χ1) is 5.81. The maximum Gasteiger partial charge on any atom is 0.221 e. The Morgan fingerprint density at radius 1 is 1.07 bits per heavy atom. The topological polar surface area (TPSA) is 53.2 Å². The lowest BCUT2D eigenvalue weighted by Crippen LogP contribution is -2.53. The summed E-state index contributed by atoms with van der Waals surface area (Å²) in [5.41, 5.74) is 0.00752. The van der Waals surface area contributed by atoms with E-state index in [0.717, 1.165) is 32.6 Å². The summed E-state index contributed by atoms with van der Waals surface area (Å²) in [6.07, 6.45) is 1.66. The molecule has 0 aromatic carbocycles. The van der Waals surface area contributed by atoms with Crippen molar-refractivity contribution in [1.29, 1.82) is 0 Å². The van der Waals surface area contributed by atoms with E-state index in [1.807, 2.05) is 0 Å². The molecule has 2 fully saturated rings. The summed E-state index contributed by atoms with van der Waals surface area (Å²) in [4.78, 5) is 11.3. The molecule has 1 unspecified atom stereocenters. The average molecular weight is 242 g/mol. The third-order valence-corrected chi connectivity index (χ3v) is 2.64. The molecule has 1 amide bonds. The normalized spacial score (nSPS) is 31.3. The van der Waals surface area contributed by atoms with Gasteiger partial charge in [0.05, 0.1) is 5.54 Å².